The molecule has 1 aliphatic rings. The van der Waals surface area contributed by atoms with Gasteiger partial charge in [-0.2, -0.15) is 5.26 Å². The average molecular weight is 215 g/mol. The van der Waals surface area contributed by atoms with Gasteiger partial charge in [0.15, 0.2) is 6.19 Å². The number of carbonyl (C=O) groups is 1. The fourth-order valence-electron chi connectivity index (χ4n) is 1.91. The minimum absolute atomic E-state index is 0.136. The summed E-state index contributed by atoms with van der Waals surface area (Å²) in [6.45, 7) is 0.911. The third-order valence-electron chi connectivity index (χ3n) is 2.74. The van der Waals surface area contributed by atoms with E-state index in [0.29, 0.717) is 6.42 Å². The predicted octanol–water partition coefficient (Wildman–Crippen LogP) is 0.819. The molecule has 0 unspecified atom stereocenters. The molecule has 1 aliphatic heterocycles. The lowest BCUT2D eigenvalue weighted by molar-refractivity contribution is -0.116. The predicted molar refractivity (Wildman–Crippen MR) is 60.9 cm³/mol. The third-order valence-corrected chi connectivity index (χ3v) is 2.74. The van der Waals surface area contributed by atoms with Crippen LogP contribution in [0.15, 0.2) is 18.2 Å². The summed E-state index contributed by atoms with van der Waals surface area (Å²) in [5.41, 5.74) is 2.89. The Hall–Kier alpha value is -1.86. The topological polar surface area (TPSA) is 56.1 Å². The summed E-state index contributed by atoms with van der Waals surface area (Å²) in [6.07, 6.45) is 3.18. The summed E-state index contributed by atoms with van der Waals surface area (Å²) in [7, 11) is 1.91. The number of fused-ring (bicyclic) bond motifs is 1. The molecule has 1 heterocycles. The van der Waals surface area contributed by atoms with Crippen LogP contribution in [-0.2, 0) is 17.6 Å². The zero-order chi connectivity index (χ0) is 11.5. The van der Waals surface area contributed by atoms with Crippen LogP contribution in [0, 0.1) is 11.5 Å². The first-order chi connectivity index (χ1) is 7.76. The highest BCUT2D eigenvalue weighted by atomic mass is 16.2. The van der Waals surface area contributed by atoms with Crippen LogP contribution in [0.5, 0.6) is 0 Å². The second-order valence-corrected chi connectivity index (χ2v) is 3.82. The van der Waals surface area contributed by atoms with Gasteiger partial charge in [-0.15, -0.1) is 0 Å². The van der Waals surface area contributed by atoms with E-state index in [9.17, 15) is 4.79 Å². The highest BCUT2D eigenvalue weighted by Gasteiger charge is 2.27. The molecule has 0 radical (unpaired) electrons. The smallest absolute Gasteiger partial charge is 0.244 e. The minimum Gasteiger partial charge on any atom is -0.319 e. The molecule has 82 valence electrons. The van der Waals surface area contributed by atoms with Crippen LogP contribution in [0.1, 0.15) is 11.1 Å². The third kappa shape index (κ3) is 1.77. The Morgan fingerprint density at radius 2 is 2.38 bits per heavy atom. The molecule has 0 atom stereocenters. The molecule has 4 heteroatoms. The van der Waals surface area contributed by atoms with Gasteiger partial charge in [0.05, 0.1) is 12.1 Å². The van der Waals surface area contributed by atoms with Crippen LogP contribution < -0.4 is 10.2 Å². The zero-order valence-electron chi connectivity index (χ0n) is 9.16. The van der Waals surface area contributed by atoms with Gasteiger partial charge >= 0.3 is 0 Å². The quantitative estimate of drug-likeness (QED) is 0.759. The second-order valence-electron chi connectivity index (χ2n) is 3.82. The van der Waals surface area contributed by atoms with E-state index in [1.165, 1.54) is 5.56 Å². The zero-order valence-corrected chi connectivity index (χ0v) is 9.16. The van der Waals surface area contributed by atoms with Crippen LogP contribution >= 0.6 is 0 Å². The van der Waals surface area contributed by atoms with Gasteiger partial charge in [-0.3, -0.25) is 4.79 Å². The van der Waals surface area contributed by atoms with Crippen LogP contribution in [-0.4, -0.2) is 19.5 Å². The van der Waals surface area contributed by atoms with Gasteiger partial charge in [-0.05, 0) is 37.2 Å². The van der Waals surface area contributed by atoms with E-state index in [1.54, 1.807) is 0 Å². The number of nitrogens with zero attached hydrogens (tertiary/aromatic N) is 2. The molecule has 4 nitrogen and oxygen atoms in total. The molecule has 1 aromatic rings. The molecular weight excluding hydrogens is 202 g/mol. The first-order valence-electron chi connectivity index (χ1n) is 5.25. The van der Waals surface area contributed by atoms with Crippen molar-refractivity contribution in [3.05, 3.63) is 29.3 Å². The monoisotopic (exact) mass is 215 g/mol. The Kier molecular flexibility index (Phi) is 2.88. The minimum atomic E-state index is -0.136. The van der Waals surface area contributed by atoms with Gasteiger partial charge in [-0.1, -0.05) is 12.1 Å². The summed E-state index contributed by atoms with van der Waals surface area (Å²) in [5.74, 6) is -0.136. The largest absolute Gasteiger partial charge is 0.319 e. The number of amides is 1. The highest BCUT2D eigenvalue weighted by molar-refractivity contribution is 6.03. The van der Waals surface area contributed by atoms with Crippen molar-refractivity contribution in [3.8, 4) is 6.19 Å². The molecule has 16 heavy (non-hydrogen) atoms. The van der Waals surface area contributed by atoms with Gasteiger partial charge in [0.1, 0.15) is 0 Å². The number of hydrogen-bond donors (Lipinski definition) is 1. The molecule has 0 saturated heterocycles. The van der Waals surface area contributed by atoms with E-state index >= 15 is 0 Å². The Bertz CT molecular complexity index is 462. The molecule has 1 amide bonds. The fraction of sp³-hybridized carbons (Fsp3) is 0.333. The maximum atomic E-state index is 11.5. The van der Waals surface area contributed by atoms with Crippen LogP contribution in [0.2, 0.25) is 0 Å². The number of carbonyl (C=O) groups excluding carboxylic acids is 1. The SMILES string of the molecule is CNCCc1ccc2c(c1)CC(=O)N2C#N. The van der Waals surface area contributed by atoms with Gasteiger partial charge in [-0.25, -0.2) is 4.90 Å². The molecular formula is C12H13N3O. The van der Waals surface area contributed by atoms with Crippen molar-refractivity contribution in [2.45, 2.75) is 12.8 Å². The number of likely N-dealkylation sites (N-methyl/N-ethyl adjacent to an activating group) is 1. The van der Waals surface area contributed by atoms with Crippen molar-refractivity contribution in [3.63, 3.8) is 0 Å². The number of anilines is 1. The van der Waals surface area contributed by atoms with E-state index < -0.39 is 0 Å². The normalized spacial score (nSPS) is 13.8. The lowest BCUT2D eigenvalue weighted by Gasteiger charge is -2.07. The molecule has 0 saturated carbocycles. The first kappa shape index (κ1) is 10.7. The maximum absolute atomic E-state index is 11.5. The van der Waals surface area contributed by atoms with Crippen molar-refractivity contribution < 1.29 is 4.79 Å². The number of hydrogen-bond acceptors (Lipinski definition) is 3. The van der Waals surface area contributed by atoms with E-state index in [-0.39, 0.29) is 5.91 Å². The fourth-order valence-corrected chi connectivity index (χ4v) is 1.91. The summed E-state index contributed by atoms with van der Waals surface area (Å²) >= 11 is 0. The van der Waals surface area contributed by atoms with Crippen LogP contribution in [0.4, 0.5) is 5.69 Å². The number of rotatable bonds is 3. The maximum Gasteiger partial charge on any atom is 0.244 e. The van der Waals surface area contributed by atoms with Crippen molar-refractivity contribution in [1.82, 2.24) is 5.32 Å². The summed E-state index contributed by atoms with van der Waals surface area (Å²) in [5, 5.41) is 11.9. The standard InChI is InChI=1S/C12H13N3O/c1-14-5-4-9-2-3-11-10(6-9)7-12(16)15(11)8-13/h2-3,6,14H,4-5,7H2,1H3. The van der Waals surface area contributed by atoms with E-state index in [1.807, 2.05) is 31.4 Å². The molecule has 0 bridgehead atoms. The molecule has 0 fully saturated rings. The van der Waals surface area contributed by atoms with Gasteiger partial charge < -0.3 is 5.32 Å². The Labute approximate surface area is 94.5 Å². The summed E-state index contributed by atoms with van der Waals surface area (Å²) in [6, 6.07) is 5.84. The Morgan fingerprint density at radius 1 is 1.56 bits per heavy atom. The first-order valence-corrected chi connectivity index (χ1v) is 5.25. The Balaban J connectivity index is 2.26. The lowest BCUT2D eigenvalue weighted by atomic mass is 10.1. The second kappa shape index (κ2) is 4.33. The molecule has 0 spiro atoms. The number of benzene rings is 1. The molecule has 0 aromatic heterocycles. The van der Waals surface area contributed by atoms with Crippen LogP contribution in [0.3, 0.4) is 0 Å². The summed E-state index contributed by atoms with van der Waals surface area (Å²) in [4.78, 5) is 12.6. The van der Waals surface area contributed by atoms with E-state index in [2.05, 4.69) is 5.32 Å². The molecule has 0 aliphatic carbocycles. The van der Waals surface area contributed by atoms with Crippen molar-refractivity contribution >= 4 is 11.6 Å². The van der Waals surface area contributed by atoms with Crippen LogP contribution in [0.25, 0.3) is 0 Å². The molecule has 1 N–H and O–H groups in total. The number of nitrogens with one attached hydrogen (secondary N) is 1. The average Bonchev–Trinajstić information content (AvgIpc) is 2.60. The lowest BCUT2D eigenvalue weighted by Crippen LogP contribution is -2.19. The van der Waals surface area contributed by atoms with Crippen molar-refractivity contribution in [1.29, 1.82) is 5.26 Å². The van der Waals surface area contributed by atoms with Gasteiger partial charge in [0.25, 0.3) is 0 Å². The van der Waals surface area contributed by atoms with Crippen molar-refractivity contribution in [2.75, 3.05) is 18.5 Å². The highest BCUT2D eigenvalue weighted by Crippen LogP contribution is 2.29. The summed E-state index contributed by atoms with van der Waals surface area (Å²) < 4.78 is 0. The van der Waals surface area contributed by atoms with Crippen molar-refractivity contribution in [2.24, 2.45) is 0 Å². The van der Waals surface area contributed by atoms with Gasteiger partial charge in [0.2, 0.25) is 5.91 Å². The molecule has 1 aromatic carbocycles. The van der Waals surface area contributed by atoms with E-state index in [0.717, 1.165) is 29.1 Å². The Morgan fingerprint density at radius 3 is 3.06 bits per heavy atom. The van der Waals surface area contributed by atoms with E-state index in [4.69, 9.17) is 5.26 Å². The molecule has 2 rings (SSSR count). The number of nitriles is 1. The van der Waals surface area contributed by atoms with Gasteiger partial charge in [0, 0.05) is 0 Å².